The van der Waals surface area contributed by atoms with E-state index in [0.29, 0.717) is 5.41 Å². The molecule has 2 rings (SSSR count). The molecule has 0 aromatic heterocycles. The summed E-state index contributed by atoms with van der Waals surface area (Å²) in [5.74, 6) is 0. The molecule has 76 valence electrons. The van der Waals surface area contributed by atoms with Gasteiger partial charge >= 0.3 is 0 Å². The average molecular weight is 183 g/mol. The zero-order valence-electron chi connectivity index (χ0n) is 8.86. The molecule has 0 aromatic carbocycles. The topological polar surface area (TPSA) is 21.3 Å². The third-order valence-corrected chi connectivity index (χ3v) is 3.58. The van der Waals surface area contributed by atoms with Crippen LogP contribution in [0.5, 0.6) is 0 Å². The van der Waals surface area contributed by atoms with E-state index in [1.807, 2.05) is 0 Å². The van der Waals surface area contributed by atoms with Gasteiger partial charge in [0.1, 0.15) is 0 Å². The van der Waals surface area contributed by atoms with Crippen molar-refractivity contribution in [3.63, 3.8) is 0 Å². The van der Waals surface area contributed by atoms with Crippen molar-refractivity contribution in [3.8, 4) is 0 Å². The summed E-state index contributed by atoms with van der Waals surface area (Å²) in [4.78, 5) is 0. The molecule has 0 spiro atoms. The van der Waals surface area contributed by atoms with Crippen molar-refractivity contribution in [2.75, 3.05) is 19.7 Å². The highest BCUT2D eigenvalue weighted by atomic mass is 16.5. The Morgan fingerprint density at radius 2 is 1.77 bits per heavy atom. The van der Waals surface area contributed by atoms with E-state index in [1.165, 1.54) is 25.7 Å². The van der Waals surface area contributed by atoms with Gasteiger partial charge in [-0.05, 0) is 25.2 Å². The van der Waals surface area contributed by atoms with Gasteiger partial charge in [0.05, 0.1) is 12.2 Å². The lowest BCUT2D eigenvalue weighted by molar-refractivity contribution is -0.0964. The maximum atomic E-state index is 5.99. The average Bonchev–Trinajstić information content (AvgIpc) is 2.46. The first-order valence-corrected chi connectivity index (χ1v) is 5.47. The van der Waals surface area contributed by atoms with Gasteiger partial charge in [0.2, 0.25) is 0 Å². The summed E-state index contributed by atoms with van der Waals surface area (Å²) in [7, 11) is 0. The first kappa shape index (κ1) is 9.47. The van der Waals surface area contributed by atoms with E-state index in [-0.39, 0.29) is 5.60 Å². The highest BCUT2D eigenvalue weighted by Gasteiger charge is 2.36. The highest BCUT2D eigenvalue weighted by molar-refractivity contribution is 4.91. The summed E-state index contributed by atoms with van der Waals surface area (Å²) in [5, 5.41) is 3.26. The Balaban J connectivity index is 1.77. The molecule has 1 heterocycles. The van der Waals surface area contributed by atoms with E-state index in [4.69, 9.17) is 4.74 Å². The van der Waals surface area contributed by atoms with E-state index >= 15 is 0 Å². The minimum absolute atomic E-state index is 0.144. The number of ether oxygens (including phenoxy) is 1. The first-order chi connectivity index (χ1) is 6.12. The molecule has 2 nitrogen and oxygen atoms in total. The second-order valence-electron chi connectivity index (χ2n) is 5.36. The van der Waals surface area contributed by atoms with Crippen LogP contribution in [0.1, 0.15) is 39.5 Å². The summed E-state index contributed by atoms with van der Waals surface area (Å²) in [6.45, 7) is 7.61. The molecule has 2 fully saturated rings. The zero-order chi connectivity index (χ0) is 9.36. The van der Waals surface area contributed by atoms with Crippen LogP contribution in [0, 0.1) is 5.41 Å². The molecule has 13 heavy (non-hydrogen) atoms. The van der Waals surface area contributed by atoms with Gasteiger partial charge < -0.3 is 10.1 Å². The molecule has 1 saturated carbocycles. The molecule has 1 aliphatic carbocycles. The van der Waals surface area contributed by atoms with Crippen LogP contribution in [0.3, 0.4) is 0 Å². The number of nitrogens with one attached hydrogen (secondary N) is 1. The molecule has 1 saturated heterocycles. The SMILES string of the molecule is CC1(COC2(C)CNC2)CCCC1. The predicted molar refractivity (Wildman–Crippen MR) is 53.8 cm³/mol. The van der Waals surface area contributed by atoms with Crippen LogP contribution < -0.4 is 5.32 Å². The van der Waals surface area contributed by atoms with Crippen LogP contribution in [-0.4, -0.2) is 25.3 Å². The fourth-order valence-corrected chi connectivity index (χ4v) is 2.30. The third kappa shape index (κ3) is 2.05. The van der Waals surface area contributed by atoms with Crippen LogP contribution in [-0.2, 0) is 4.74 Å². The smallest absolute Gasteiger partial charge is 0.0902 e. The number of hydrogen-bond donors (Lipinski definition) is 1. The minimum atomic E-state index is 0.144. The fraction of sp³-hybridized carbons (Fsp3) is 1.00. The molecule has 2 aliphatic rings. The van der Waals surface area contributed by atoms with Crippen molar-refractivity contribution < 1.29 is 4.74 Å². The van der Waals surface area contributed by atoms with Crippen molar-refractivity contribution in [3.05, 3.63) is 0 Å². The Morgan fingerprint density at radius 3 is 2.23 bits per heavy atom. The predicted octanol–water partition coefficient (Wildman–Crippen LogP) is 1.95. The maximum absolute atomic E-state index is 5.99. The second kappa shape index (κ2) is 3.25. The maximum Gasteiger partial charge on any atom is 0.0902 e. The Kier molecular flexibility index (Phi) is 2.37. The molecule has 0 aromatic rings. The van der Waals surface area contributed by atoms with Gasteiger partial charge in [0, 0.05) is 13.1 Å². The third-order valence-electron chi connectivity index (χ3n) is 3.58. The van der Waals surface area contributed by atoms with Gasteiger partial charge in [-0.25, -0.2) is 0 Å². The summed E-state index contributed by atoms with van der Waals surface area (Å²) in [6.07, 6.45) is 5.51. The highest BCUT2D eigenvalue weighted by Crippen LogP contribution is 2.38. The van der Waals surface area contributed by atoms with E-state index in [0.717, 1.165) is 19.7 Å². The van der Waals surface area contributed by atoms with Gasteiger partial charge in [-0.3, -0.25) is 0 Å². The zero-order valence-corrected chi connectivity index (χ0v) is 8.86. The van der Waals surface area contributed by atoms with Crippen LogP contribution in [0.25, 0.3) is 0 Å². The van der Waals surface area contributed by atoms with E-state index in [9.17, 15) is 0 Å². The normalized spacial score (nSPS) is 30.0. The molecule has 1 N–H and O–H groups in total. The van der Waals surface area contributed by atoms with Crippen molar-refractivity contribution >= 4 is 0 Å². The van der Waals surface area contributed by atoms with Crippen LogP contribution in [0.4, 0.5) is 0 Å². The van der Waals surface area contributed by atoms with E-state index in [2.05, 4.69) is 19.2 Å². The summed E-state index contributed by atoms with van der Waals surface area (Å²) >= 11 is 0. The molecule has 0 unspecified atom stereocenters. The summed E-state index contributed by atoms with van der Waals surface area (Å²) in [6, 6.07) is 0. The monoisotopic (exact) mass is 183 g/mol. The van der Waals surface area contributed by atoms with Crippen molar-refractivity contribution in [1.29, 1.82) is 0 Å². The largest absolute Gasteiger partial charge is 0.372 e. The van der Waals surface area contributed by atoms with Gasteiger partial charge in [0.15, 0.2) is 0 Å². The Labute approximate surface area is 81.0 Å². The fourth-order valence-electron chi connectivity index (χ4n) is 2.30. The standard InChI is InChI=1S/C11H21NO/c1-10(5-3-4-6-10)9-13-11(2)7-12-8-11/h12H,3-9H2,1-2H3. The van der Waals surface area contributed by atoms with Gasteiger partial charge in [-0.15, -0.1) is 0 Å². The quantitative estimate of drug-likeness (QED) is 0.722. The molecule has 0 atom stereocenters. The Hall–Kier alpha value is -0.0800. The van der Waals surface area contributed by atoms with Crippen molar-refractivity contribution in [2.24, 2.45) is 5.41 Å². The Bertz CT molecular complexity index is 181. The van der Waals surface area contributed by atoms with Gasteiger partial charge in [-0.1, -0.05) is 19.8 Å². The molecule has 0 bridgehead atoms. The summed E-state index contributed by atoms with van der Waals surface area (Å²) in [5.41, 5.74) is 0.629. The number of rotatable bonds is 3. The van der Waals surface area contributed by atoms with Gasteiger partial charge in [0.25, 0.3) is 0 Å². The van der Waals surface area contributed by atoms with E-state index < -0.39 is 0 Å². The molecule has 0 radical (unpaired) electrons. The van der Waals surface area contributed by atoms with E-state index in [1.54, 1.807) is 0 Å². The van der Waals surface area contributed by atoms with Gasteiger partial charge in [-0.2, -0.15) is 0 Å². The molecule has 1 aliphatic heterocycles. The molecule has 2 heteroatoms. The van der Waals surface area contributed by atoms with Crippen LogP contribution in [0.2, 0.25) is 0 Å². The minimum Gasteiger partial charge on any atom is -0.372 e. The molecule has 0 amide bonds. The van der Waals surface area contributed by atoms with Crippen molar-refractivity contribution in [1.82, 2.24) is 5.32 Å². The number of hydrogen-bond acceptors (Lipinski definition) is 2. The first-order valence-electron chi connectivity index (χ1n) is 5.47. The molecular weight excluding hydrogens is 162 g/mol. The second-order valence-corrected chi connectivity index (χ2v) is 5.36. The lowest BCUT2D eigenvalue weighted by Gasteiger charge is -2.41. The molecular formula is C11H21NO. The van der Waals surface area contributed by atoms with Crippen LogP contribution in [0.15, 0.2) is 0 Å². The van der Waals surface area contributed by atoms with Crippen molar-refractivity contribution in [2.45, 2.75) is 45.1 Å². The lowest BCUT2D eigenvalue weighted by atomic mass is 9.89. The van der Waals surface area contributed by atoms with Crippen LogP contribution >= 0.6 is 0 Å². The Morgan fingerprint density at radius 1 is 1.15 bits per heavy atom. The summed E-state index contributed by atoms with van der Waals surface area (Å²) < 4.78 is 5.99. The lowest BCUT2D eigenvalue weighted by Crippen LogP contribution is -2.59.